The lowest BCUT2D eigenvalue weighted by Gasteiger charge is -2.21. The summed E-state index contributed by atoms with van der Waals surface area (Å²) in [5, 5.41) is 2.84. The number of nitrogens with zero attached hydrogens (tertiary/aromatic N) is 1. The Hall–Kier alpha value is -0.650. The van der Waals surface area contributed by atoms with Crippen molar-refractivity contribution in [3.05, 3.63) is 0 Å². The van der Waals surface area contributed by atoms with Crippen molar-refractivity contribution in [3.63, 3.8) is 0 Å². The first-order valence-electron chi connectivity index (χ1n) is 4.78. The SMILES string of the molecule is CN(C)CCNC(=O)C1COCOC1. The Kier molecular flexibility index (Phi) is 4.86. The summed E-state index contributed by atoms with van der Waals surface area (Å²) in [4.78, 5) is 13.5. The summed E-state index contributed by atoms with van der Waals surface area (Å²) in [6.45, 7) is 2.76. The first kappa shape index (κ1) is 11.4. The van der Waals surface area contributed by atoms with E-state index in [4.69, 9.17) is 9.47 Å². The molecule has 1 fully saturated rings. The molecule has 82 valence electrons. The zero-order valence-corrected chi connectivity index (χ0v) is 8.78. The van der Waals surface area contributed by atoms with Crippen LogP contribution in [0, 0.1) is 5.92 Å². The Morgan fingerprint density at radius 3 is 2.64 bits per heavy atom. The maximum absolute atomic E-state index is 11.5. The minimum absolute atomic E-state index is 0.0200. The highest BCUT2D eigenvalue weighted by Crippen LogP contribution is 2.04. The van der Waals surface area contributed by atoms with E-state index in [-0.39, 0.29) is 11.8 Å². The van der Waals surface area contributed by atoms with Gasteiger partial charge in [0.2, 0.25) is 5.91 Å². The molecule has 1 aliphatic heterocycles. The van der Waals surface area contributed by atoms with Gasteiger partial charge in [-0.1, -0.05) is 0 Å². The van der Waals surface area contributed by atoms with Crippen LogP contribution in [0.25, 0.3) is 0 Å². The molecule has 5 nitrogen and oxygen atoms in total. The fourth-order valence-electron chi connectivity index (χ4n) is 1.19. The Labute approximate surface area is 84.4 Å². The third kappa shape index (κ3) is 4.04. The van der Waals surface area contributed by atoms with E-state index in [0.29, 0.717) is 26.6 Å². The van der Waals surface area contributed by atoms with Crippen LogP contribution >= 0.6 is 0 Å². The molecule has 0 aromatic heterocycles. The van der Waals surface area contributed by atoms with E-state index in [1.807, 2.05) is 19.0 Å². The molecule has 0 atom stereocenters. The van der Waals surface area contributed by atoms with Crippen LogP contribution in [0.1, 0.15) is 0 Å². The molecule has 5 heteroatoms. The summed E-state index contributed by atoms with van der Waals surface area (Å²) in [5.41, 5.74) is 0. The van der Waals surface area contributed by atoms with Crippen LogP contribution in [-0.2, 0) is 14.3 Å². The fraction of sp³-hybridized carbons (Fsp3) is 0.889. The number of likely N-dealkylation sites (N-methyl/N-ethyl adjacent to an activating group) is 1. The van der Waals surface area contributed by atoms with Crippen LogP contribution in [0.4, 0.5) is 0 Å². The quantitative estimate of drug-likeness (QED) is 0.654. The van der Waals surface area contributed by atoms with Gasteiger partial charge in [-0.05, 0) is 14.1 Å². The van der Waals surface area contributed by atoms with Gasteiger partial charge < -0.3 is 19.7 Å². The van der Waals surface area contributed by atoms with Crippen molar-refractivity contribution < 1.29 is 14.3 Å². The molecule has 14 heavy (non-hydrogen) atoms. The first-order valence-corrected chi connectivity index (χ1v) is 4.78. The molecule has 0 aliphatic carbocycles. The molecule has 0 radical (unpaired) electrons. The van der Waals surface area contributed by atoms with Crippen LogP contribution in [0.3, 0.4) is 0 Å². The first-order chi connectivity index (χ1) is 6.70. The second-order valence-corrected chi connectivity index (χ2v) is 3.65. The lowest BCUT2D eigenvalue weighted by molar-refractivity contribution is -0.151. The Balaban J connectivity index is 2.13. The van der Waals surface area contributed by atoms with E-state index in [1.54, 1.807) is 0 Å². The maximum Gasteiger partial charge on any atom is 0.227 e. The molecule has 1 saturated heterocycles. The van der Waals surface area contributed by atoms with Crippen molar-refractivity contribution in [2.45, 2.75) is 0 Å². The molecule has 1 amide bonds. The molecular weight excluding hydrogens is 184 g/mol. The summed E-state index contributed by atoms with van der Waals surface area (Å²) in [5.74, 6) is -0.127. The van der Waals surface area contributed by atoms with Gasteiger partial charge in [0.15, 0.2) is 0 Å². The average molecular weight is 202 g/mol. The number of ether oxygens (including phenoxy) is 2. The van der Waals surface area contributed by atoms with E-state index in [2.05, 4.69) is 5.32 Å². The van der Waals surface area contributed by atoms with Gasteiger partial charge in [0.25, 0.3) is 0 Å². The highest BCUT2D eigenvalue weighted by molar-refractivity contribution is 5.78. The van der Waals surface area contributed by atoms with Crippen LogP contribution in [-0.4, -0.2) is 58.0 Å². The van der Waals surface area contributed by atoms with Gasteiger partial charge in [-0.15, -0.1) is 0 Å². The summed E-state index contributed by atoms with van der Waals surface area (Å²) in [7, 11) is 3.94. The number of carbonyl (C=O) groups is 1. The Morgan fingerprint density at radius 2 is 2.07 bits per heavy atom. The molecular formula is C9H18N2O3. The van der Waals surface area contributed by atoms with Crippen molar-refractivity contribution >= 4 is 5.91 Å². The topological polar surface area (TPSA) is 50.8 Å². The zero-order valence-electron chi connectivity index (χ0n) is 8.78. The van der Waals surface area contributed by atoms with Gasteiger partial charge in [0, 0.05) is 13.1 Å². The van der Waals surface area contributed by atoms with Crippen LogP contribution in [0.15, 0.2) is 0 Å². The predicted molar refractivity (Wildman–Crippen MR) is 51.8 cm³/mol. The number of amides is 1. The van der Waals surface area contributed by atoms with Crippen molar-refractivity contribution in [1.29, 1.82) is 0 Å². The minimum atomic E-state index is -0.147. The monoisotopic (exact) mass is 202 g/mol. The lowest BCUT2D eigenvalue weighted by atomic mass is 10.1. The average Bonchev–Trinajstić information content (AvgIpc) is 2.18. The number of carbonyl (C=O) groups excluding carboxylic acids is 1. The largest absolute Gasteiger partial charge is 0.355 e. The van der Waals surface area contributed by atoms with Crippen LogP contribution < -0.4 is 5.32 Å². The standard InChI is InChI=1S/C9H18N2O3/c1-11(2)4-3-10-9(12)8-5-13-7-14-6-8/h8H,3-7H2,1-2H3,(H,10,12). The molecule has 1 N–H and O–H groups in total. The van der Waals surface area contributed by atoms with Crippen molar-refractivity contribution in [3.8, 4) is 0 Å². The molecule has 0 unspecified atom stereocenters. The molecule has 1 aliphatic rings. The number of hydrogen-bond acceptors (Lipinski definition) is 4. The number of nitrogens with one attached hydrogen (secondary N) is 1. The predicted octanol–water partition coefficient (Wildman–Crippen LogP) is -0.715. The maximum atomic E-state index is 11.5. The van der Waals surface area contributed by atoms with Crippen molar-refractivity contribution in [1.82, 2.24) is 10.2 Å². The zero-order chi connectivity index (χ0) is 10.4. The fourth-order valence-corrected chi connectivity index (χ4v) is 1.19. The van der Waals surface area contributed by atoms with Gasteiger partial charge in [-0.25, -0.2) is 0 Å². The van der Waals surface area contributed by atoms with Crippen LogP contribution in [0.2, 0.25) is 0 Å². The molecule has 0 aromatic carbocycles. The van der Waals surface area contributed by atoms with Crippen molar-refractivity contribution in [2.24, 2.45) is 5.92 Å². The van der Waals surface area contributed by atoms with Crippen molar-refractivity contribution in [2.75, 3.05) is 47.2 Å². The van der Waals surface area contributed by atoms with E-state index in [1.165, 1.54) is 0 Å². The third-order valence-corrected chi connectivity index (χ3v) is 2.03. The van der Waals surface area contributed by atoms with Gasteiger partial charge in [-0.3, -0.25) is 4.79 Å². The summed E-state index contributed by atoms with van der Waals surface area (Å²) >= 11 is 0. The molecule has 0 aromatic rings. The molecule has 1 heterocycles. The van der Waals surface area contributed by atoms with Gasteiger partial charge in [0.05, 0.1) is 19.1 Å². The number of hydrogen-bond donors (Lipinski definition) is 1. The molecule has 1 rings (SSSR count). The van der Waals surface area contributed by atoms with Gasteiger partial charge in [0.1, 0.15) is 6.79 Å². The highest BCUT2D eigenvalue weighted by Gasteiger charge is 2.21. The van der Waals surface area contributed by atoms with E-state index < -0.39 is 0 Å². The number of rotatable bonds is 4. The van der Waals surface area contributed by atoms with Crippen LogP contribution in [0.5, 0.6) is 0 Å². The summed E-state index contributed by atoms with van der Waals surface area (Å²) < 4.78 is 10.1. The van der Waals surface area contributed by atoms with Gasteiger partial charge in [-0.2, -0.15) is 0 Å². The van der Waals surface area contributed by atoms with E-state index >= 15 is 0 Å². The second kappa shape index (κ2) is 5.95. The Morgan fingerprint density at radius 1 is 1.43 bits per heavy atom. The highest BCUT2D eigenvalue weighted by atomic mass is 16.7. The second-order valence-electron chi connectivity index (χ2n) is 3.65. The third-order valence-electron chi connectivity index (χ3n) is 2.03. The molecule has 0 spiro atoms. The van der Waals surface area contributed by atoms with Gasteiger partial charge >= 0.3 is 0 Å². The smallest absolute Gasteiger partial charge is 0.227 e. The summed E-state index contributed by atoms with van der Waals surface area (Å²) in [6, 6.07) is 0. The van der Waals surface area contributed by atoms with E-state index in [0.717, 1.165) is 6.54 Å². The minimum Gasteiger partial charge on any atom is -0.355 e. The normalized spacial score (nSPS) is 18.5. The molecule has 0 bridgehead atoms. The lowest BCUT2D eigenvalue weighted by Crippen LogP contribution is -2.41. The van der Waals surface area contributed by atoms with E-state index in [9.17, 15) is 4.79 Å². The molecule has 0 saturated carbocycles. The Bertz CT molecular complexity index is 179. The summed E-state index contributed by atoms with van der Waals surface area (Å²) in [6.07, 6.45) is 0.